The zero-order valence-electron chi connectivity index (χ0n) is 11.4. The molecular formula is C14H13BrF4N2. The molecule has 2 aromatic rings. The summed E-state index contributed by atoms with van der Waals surface area (Å²) >= 11 is 3.15. The van der Waals surface area contributed by atoms with E-state index in [2.05, 4.69) is 26.2 Å². The molecule has 7 heteroatoms. The third-order valence-corrected chi connectivity index (χ3v) is 3.53. The van der Waals surface area contributed by atoms with Crippen molar-refractivity contribution in [1.82, 2.24) is 4.98 Å². The Balaban J connectivity index is 2.83. The van der Waals surface area contributed by atoms with Crippen molar-refractivity contribution in [2.45, 2.75) is 26.4 Å². The van der Waals surface area contributed by atoms with Gasteiger partial charge in [-0.1, -0.05) is 22.9 Å². The van der Waals surface area contributed by atoms with Gasteiger partial charge in [0.1, 0.15) is 11.2 Å². The van der Waals surface area contributed by atoms with Crippen LogP contribution in [0.1, 0.15) is 24.6 Å². The molecule has 0 fully saturated rings. The summed E-state index contributed by atoms with van der Waals surface area (Å²) in [5, 5.41) is 3.28. The van der Waals surface area contributed by atoms with Crippen molar-refractivity contribution in [1.29, 1.82) is 0 Å². The number of nitrogens with zero attached hydrogens (tertiary/aromatic N) is 1. The molecule has 0 spiro atoms. The molecule has 0 amide bonds. The topological polar surface area (TPSA) is 24.9 Å². The van der Waals surface area contributed by atoms with E-state index in [1.165, 1.54) is 6.92 Å². The number of nitrogens with one attached hydrogen (secondary N) is 1. The van der Waals surface area contributed by atoms with Crippen molar-refractivity contribution in [2.24, 2.45) is 0 Å². The second-order valence-electron chi connectivity index (χ2n) is 4.67. The van der Waals surface area contributed by atoms with Crippen LogP contribution < -0.4 is 5.32 Å². The van der Waals surface area contributed by atoms with E-state index in [4.69, 9.17) is 0 Å². The molecule has 0 aliphatic heterocycles. The van der Waals surface area contributed by atoms with E-state index in [9.17, 15) is 17.6 Å². The average Bonchev–Trinajstić information content (AvgIpc) is 2.35. The standard InChI is InChI=1S/C14H13BrF4N2/c1-3-4-20-11-7(2)13(14(17,18)19)21-12-9(11)5-8(15)6-10(12)16/h5-6H,3-4H2,1-2H3,(H,20,21). The first-order valence-corrected chi connectivity index (χ1v) is 7.15. The molecule has 0 saturated carbocycles. The first kappa shape index (κ1) is 16.0. The quantitative estimate of drug-likeness (QED) is 0.748. The van der Waals surface area contributed by atoms with Gasteiger partial charge in [0.25, 0.3) is 0 Å². The lowest BCUT2D eigenvalue weighted by Crippen LogP contribution is -2.14. The van der Waals surface area contributed by atoms with Crippen molar-refractivity contribution in [3.05, 3.63) is 33.7 Å². The van der Waals surface area contributed by atoms with E-state index in [-0.39, 0.29) is 16.8 Å². The lowest BCUT2D eigenvalue weighted by molar-refractivity contribution is -0.141. The highest BCUT2D eigenvalue weighted by Crippen LogP contribution is 2.38. The first-order chi connectivity index (χ1) is 9.75. The van der Waals surface area contributed by atoms with Crippen LogP contribution >= 0.6 is 15.9 Å². The Bertz CT molecular complexity index is 683. The number of aromatic nitrogens is 1. The van der Waals surface area contributed by atoms with Gasteiger partial charge in [0.2, 0.25) is 0 Å². The minimum atomic E-state index is -4.62. The van der Waals surface area contributed by atoms with Crippen molar-refractivity contribution in [3.63, 3.8) is 0 Å². The van der Waals surface area contributed by atoms with Gasteiger partial charge >= 0.3 is 6.18 Å². The molecule has 114 valence electrons. The van der Waals surface area contributed by atoms with Gasteiger partial charge in [-0.05, 0) is 25.5 Å². The number of alkyl halides is 3. The summed E-state index contributed by atoms with van der Waals surface area (Å²) in [5.74, 6) is -0.788. The average molecular weight is 365 g/mol. The van der Waals surface area contributed by atoms with Crippen molar-refractivity contribution in [3.8, 4) is 0 Å². The van der Waals surface area contributed by atoms with Gasteiger partial charge in [-0.3, -0.25) is 0 Å². The van der Waals surface area contributed by atoms with Gasteiger partial charge in [-0.2, -0.15) is 13.2 Å². The number of anilines is 1. The van der Waals surface area contributed by atoms with Crippen molar-refractivity contribution >= 4 is 32.5 Å². The Kier molecular flexibility index (Phi) is 4.41. The molecule has 0 aliphatic carbocycles. The zero-order valence-corrected chi connectivity index (χ0v) is 13.0. The minimum absolute atomic E-state index is 0.0269. The van der Waals surface area contributed by atoms with Crippen LogP contribution in [0.3, 0.4) is 0 Å². The third-order valence-electron chi connectivity index (χ3n) is 3.07. The number of pyridine rings is 1. The molecule has 1 aromatic heterocycles. The summed E-state index contributed by atoms with van der Waals surface area (Å²) in [4.78, 5) is 3.49. The molecule has 2 rings (SSSR count). The Morgan fingerprint density at radius 2 is 1.95 bits per heavy atom. The monoisotopic (exact) mass is 364 g/mol. The summed E-state index contributed by atoms with van der Waals surface area (Å²) in [6, 6.07) is 2.67. The molecule has 0 unspecified atom stereocenters. The Labute approximate surface area is 127 Å². The molecule has 0 aliphatic rings. The Morgan fingerprint density at radius 1 is 1.29 bits per heavy atom. The molecule has 0 bridgehead atoms. The summed E-state index contributed by atoms with van der Waals surface area (Å²) in [7, 11) is 0. The van der Waals surface area contributed by atoms with Crippen LogP contribution in [0.15, 0.2) is 16.6 Å². The Hall–Kier alpha value is -1.37. The molecule has 1 aromatic carbocycles. The molecule has 0 radical (unpaired) electrons. The summed E-state index contributed by atoms with van der Waals surface area (Å²) in [5.41, 5.74) is -1.10. The van der Waals surface area contributed by atoms with Crippen LogP contribution in [0, 0.1) is 12.7 Å². The normalized spacial score (nSPS) is 12.0. The second-order valence-corrected chi connectivity index (χ2v) is 5.58. The lowest BCUT2D eigenvalue weighted by atomic mass is 10.1. The fraction of sp³-hybridized carbons (Fsp3) is 0.357. The van der Waals surface area contributed by atoms with Gasteiger partial charge in [-0.15, -0.1) is 0 Å². The van der Waals surface area contributed by atoms with Crippen LogP contribution in [-0.4, -0.2) is 11.5 Å². The molecule has 21 heavy (non-hydrogen) atoms. The number of hydrogen-bond donors (Lipinski definition) is 1. The van der Waals surface area contributed by atoms with E-state index in [0.29, 0.717) is 16.4 Å². The van der Waals surface area contributed by atoms with E-state index in [0.717, 1.165) is 12.5 Å². The zero-order chi connectivity index (χ0) is 15.8. The summed E-state index contributed by atoms with van der Waals surface area (Å²) in [6.07, 6.45) is -3.89. The molecule has 0 saturated heterocycles. The number of halogens is 5. The number of rotatable bonds is 3. The van der Waals surface area contributed by atoms with E-state index in [1.807, 2.05) is 6.92 Å². The van der Waals surface area contributed by atoms with E-state index in [1.54, 1.807) is 6.07 Å². The molecule has 0 atom stereocenters. The van der Waals surface area contributed by atoms with Crippen LogP contribution in [0.5, 0.6) is 0 Å². The molecule has 2 nitrogen and oxygen atoms in total. The van der Waals surface area contributed by atoms with Crippen LogP contribution in [0.2, 0.25) is 0 Å². The SMILES string of the molecule is CCCNc1c(C)c(C(F)(F)F)nc2c(F)cc(Br)cc12. The smallest absolute Gasteiger partial charge is 0.384 e. The summed E-state index contributed by atoms with van der Waals surface area (Å²) in [6.45, 7) is 3.73. The maximum Gasteiger partial charge on any atom is 0.433 e. The van der Waals surface area contributed by atoms with Gasteiger partial charge in [-0.25, -0.2) is 9.37 Å². The van der Waals surface area contributed by atoms with Gasteiger partial charge in [0.15, 0.2) is 5.82 Å². The first-order valence-electron chi connectivity index (χ1n) is 6.36. The predicted octanol–water partition coefficient (Wildman–Crippen LogP) is 5.29. The lowest BCUT2D eigenvalue weighted by Gasteiger charge is -2.17. The largest absolute Gasteiger partial charge is 0.433 e. The van der Waals surface area contributed by atoms with Crippen LogP contribution in [-0.2, 0) is 6.18 Å². The van der Waals surface area contributed by atoms with E-state index >= 15 is 0 Å². The van der Waals surface area contributed by atoms with Crippen LogP contribution in [0.4, 0.5) is 23.2 Å². The molecular weight excluding hydrogens is 352 g/mol. The fourth-order valence-corrected chi connectivity index (χ4v) is 2.57. The number of hydrogen-bond acceptors (Lipinski definition) is 2. The van der Waals surface area contributed by atoms with E-state index < -0.39 is 17.7 Å². The highest BCUT2D eigenvalue weighted by molar-refractivity contribution is 9.10. The second kappa shape index (κ2) is 5.79. The highest BCUT2D eigenvalue weighted by atomic mass is 79.9. The number of fused-ring (bicyclic) bond motifs is 1. The molecule has 1 heterocycles. The summed E-state index contributed by atoms with van der Waals surface area (Å²) < 4.78 is 53.6. The van der Waals surface area contributed by atoms with Crippen molar-refractivity contribution < 1.29 is 17.6 Å². The third kappa shape index (κ3) is 3.12. The fourth-order valence-electron chi connectivity index (χ4n) is 2.14. The maximum absolute atomic E-state index is 14.0. The van der Waals surface area contributed by atoms with Gasteiger partial charge in [0, 0.05) is 27.7 Å². The highest BCUT2D eigenvalue weighted by Gasteiger charge is 2.36. The van der Waals surface area contributed by atoms with Crippen LogP contribution in [0.25, 0.3) is 10.9 Å². The maximum atomic E-state index is 14.0. The predicted molar refractivity (Wildman–Crippen MR) is 77.9 cm³/mol. The van der Waals surface area contributed by atoms with Crippen molar-refractivity contribution in [2.75, 3.05) is 11.9 Å². The molecule has 1 N–H and O–H groups in total. The van der Waals surface area contributed by atoms with Gasteiger partial charge in [0.05, 0.1) is 0 Å². The minimum Gasteiger partial charge on any atom is -0.384 e. The Morgan fingerprint density at radius 3 is 2.52 bits per heavy atom. The van der Waals surface area contributed by atoms with Gasteiger partial charge < -0.3 is 5.32 Å². The number of benzene rings is 1.